The Morgan fingerprint density at radius 3 is 2.29 bits per heavy atom. The molecule has 0 aliphatic rings. The summed E-state index contributed by atoms with van der Waals surface area (Å²) in [6.07, 6.45) is 1.39. The zero-order valence-electron chi connectivity index (χ0n) is 4.86. The van der Waals surface area contributed by atoms with Gasteiger partial charge in [-0.1, -0.05) is 19.1 Å². The van der Waals surface area contributed by atoms with Crippen LogP contribution in [0.1, 0.15) is 13.8 Å². The molecular formula is C6H11N. The summed E-state index contributed by atoms with van der Waals surface area (Å²) in [5.41, 5.74) is 1.05. The number of hydrogen-bond donors (Lipinski definition) is 1. The van der Waals surface area contributed by atoms with Crippen molar-refractivity contribution in [3.8, 4) is 0 Å². The van der Waals surface area contributed by atoms with Crippen LogP contribution in [0.4, 0.5) is 0 Å². The van der Waals surface area contributed by atoms with Crippen molar-refractivity contribution in [1.29, 1.82) is 5.41 Å². The molecule has 0 aromatic rings. The van der Waals surface area contributed by atoms with E-state index in [1.807, 2.05) is 13.8 Å². The van der Waals surface area contributed by atoms with Gasteiger partial charge in [0.15, 0.2) is 0 Å². The van der Waals surface area contributed by atoms with Gasteiger partial charge in [-0.3, -0.25) is 0 Å². The van der Waals surface area contributed by atoms with E-state index in [1.165, 1.54) is 6.21 Å². The Hall–Kier alpha value is -0.590. The number of hydrogen-bond acceptors (Lipinski definition) is 1. The van der Waals surface area contributed by atoms with Crippen molar-refractivity contribution < 1.29 is 0 Å². The summed E-state index contributed by atoms with van der Waals surface area (Å²) in [5, 5.41) is 6.75. The van der Waals surface area contributed by atoms with E-state index in [-0.39, 0.29) is 5.92 Å². The van der Waals surface area contributed by atoms with Gasteiger partial charge in [-0.05, 0) is 6.92 Å². The van der Waals surface area contributed by atoms with Gasteiger partial charge in [0.25, 0.3) is 0 Å². The Morgan fingerprint density at radius 1 is 1.86 bits per heavy atom. The monoisotopic (exact) mass is 97.1 g/mol. The normalized spacial score (nSPS) is 12.9. The topological polar surface area (TPSA) is 23.9 Å². The third-order valence-electron chi connectivity index (χ3n) is 1.03. The highest BCUT2D eigenvalue weighted by atomic mass is 14.3. The largest absolute Gasteiger partial charge is 0.312 e. The van der Waals surface area contributed by atoms with Crippen LogP contribution >= 0.6 is 0 Å². The SMILES string of the molecule is C=C(C)C(C)C=N. The first-order valence-corrected chi connectivity index (χ1v) is 2.34. The molecule has 0 bridgehead atoms. The standard InChI is InChI=1S/C6H11N/c1-5(2)6(3)4-7/h4,6-7H,1H2,2-3H3. The van der Waals surface area contributed by atoms with Gasteiger partial charge in [-0.25, -0.2) is 0 Å². The molecular weight excluding hydrogens is 86.1 g/mol. The second-order valence-corrected chi connectivity index (χ2v) is 1.80. The highest BCUT2D eigenvalue weighted by Crippen LogP contribution is 2.00. The lowest BCUT2D eigenvalue weighted by atomic mass is 10.1. The van der Waals surface area contributed by atoms with Crippen LogP contribution in [0, 0.1) is 11.3 Å². The van der Waals surface area contributed by atoms with E-state index >= 15 is 0 Å². The summed E-state index contributed by atoms with van der Waals surface area (Å²) in [5.74, 6) is 0.250. The Kier molecular flexibility index (Phi) is 2.34. The summed E-state index contributed by atoms with van der Waals surface area (Å²) >= 11 is 0. The van der Waals surface area contributed by atoms with Gasteiger partial charge < -0.3 is 5.41 Å². The van der Waals surface area contributed by atoms with Crippen molar-refractivity contribution in [2.24, 2.45) is 5.92 Å². The van der Waals surface area contributed by atoms with Gasteiger partial charge in [-0.2, -0.15) is 0 Å². The lowest BCUT2D eigenvalue weighted by Crippen LogP contribution is -1.93. The van der Waals surface area contributed by atoms with E-state index in [1.54, 1.807) is 0 Å². The Balaban J connectivity index is 3.55. The molecule has 7 heavy (non-hydrogen) atoms. The quantitative estimate of drug-likeness (QED) is 0.401. The van der Waals surface area contributed by atoms with Crippen molar-refractivity contribution in [3.63, 3.8) is 0 Å². The first-order chi connectivity index (χ1) is 3.18. The minimum absolute atomic E-state index is 0.250. The molecule has 1 N–H and O–H groups in total. The van der Waals surface area contributed by atoms with Crippen molar-refractivity contribution in [2.75, 3.05) is 0 Å². The van der Waals surface area contributed by atoms with E-state index in [2.05, 4.69) is 6.58 Å². The lowest BCUT2D eigenvalue weighted by molar-refractivity contribution is 0.935. The molecule has 1 heteroatoms. The molecule has 0 aliphatic heterocycles. The molecule has 1 nitrogen and oxygen atoms in total. The average Bonchev–Trinajstić information content (AvgIpc) is 1.65. The second kappa shape index (κ2) is 2.56. The van der Waals surface area contributed by atoms with Crippen LogP contribution < -0.4 is 0 Å². The maximum atomic E-state index is 6.75. The Morgan fingerprint density at radius 2 is 2.29 bits per heavy atom. The first-order valence-electron chi connectivity index (χ1n) is 2.34. The van der Waals surface area contributed by atoms with Gasteiger partial charge >= 0.3 is 0 Å². The second-order valence-electron chi connectivity index (χ2n) is 1.80. The third kappa shape index (κ3) is 2.15. The summed E-state index contributed by atoms with van der Waals surface area (Å²) in [6.45, 7) is 7.55. The molecule has 1 unspecified atom stereocenters. The first kappa shape index (κ1) is 6.41. The van der Waals surface area contributed by atoms with Crippen LogP contribution in [0.2, 0.25) is 0 Å². The predicted molar refractivity (Wildman–Crippen MR) is 32.8 cm³/mol. The maximum Gasteiger partial charge on any atom is 0.0111 e. The fraction of sp³-hybridized carbons (Fsp3) is 0.500. The van der Waals surface area contributed by atoms with Gasteiger partial charge in [0, 0.05) is 12.1 Å². The van der Waals surface area contributed by atoms with Crippen LogP contribution in [0.15, 0.2) is 12.2 Å². The molecule has 0 aromatic heterocycles. The van der Waals surface area contributed by atoms with E-state index in [0.717, 1.165) is 5.57 Å². The predicted octanol–water partition coefficient (Wildman–Crippen LogP) is 1.85. The van der Waals surface area contributed by atoms with E-state index in [0.29, 0.717) is 0 Å². The molecule has 40 valence electrons. The highest BCUT2D eigenvalue weighted by molar-refractivity contribution is 5.60. The van der Waals surface area contributed by atoms with Crippen LogP contribution in [0.25, 0.3) is 0 Å². The highest BCUT2D eigenvalue weighted by Gasteiger charge is 1.92. The van der Waals surface area contributed by atoms with Crippen molar-refractivity contribution >= 4 is 6.21 Å². The zero-order chi connectivity index (χ0) is 5.86. The molecule has 0 aliphatic carbocycles. The Bertz CT molecular complexity index is 84.2. The van der Waals surface area contributed by atoms with Gasteiger partial charge in [0.05, 0.1) is 0 Å². The molecule has 0 saturated carbocycles. The van der Waals surface area contributed by atoms with Crippen LogP contribution in [0.5, 0.6) is 0 Å². The van der Waals surface area contributed by atoms with Crippen molar-refractivity contribution in [3.05, 3.63) is 12.2 Å². The molecule has 0 fully saturated rings. The summed E-state index contributed by atoms with van der Waals surface area (Å²) in [4.78, 5) is 0. The summed E-state index contributed by atoms with van der Waals surface area (Å²) in [6, 6.07) is 0. The molecule has 0 aromatic carbocycles. The minimum Gasteiger partial charge on any atom is -0.312 e. The molecule has 0 amide bonds. The molecule has 0 rings (SSSR count). The number of allylic oxidation sites excluding steroid dienone is 1. The van der Waals surface area contributed by atoms with Crippen LogP contribution in [0.3, 0.4) is 0 Å². The van der Waals surface area contributed by atoms with Gasteiger partial charge in [-0.15, -0.1) is 0 Å². The van der Waals surface area contributed by atoms with Crippen LogP contribution in [-0.2, 0) is 0 Å². The fourth-order valence-corrected chi connectivity index (χ4v) is 0.142. The van der Waals surface area contributed by atoms with Crippen LogP contribution in [-0.4, -0.2) is 6.21 Å². The zero-order valence-corrected chi connectivity index (χ0v) is 4.86. The molecule has 1 atom stereocenters. The average molecular weight is 97.2 g/mol. The van der Waals surface area contributed by atoms with Gasteiger partial charge in [0.1, 0.15) is 0 Å². The van der Waals surface area contributed by atoms with E-state index < -0.39 is 0 Å². The molecule has 0 heterocycles. The molecule has 0 spiro atoms. The smallest absolute Gasteiger partial charge is 0.0111 e. The van der Waals surface area contributed by atoms with Gasteiger partial charge in [0.2, 0.25) is 0 Å². The number of nitrogens with one attached hydrogen (secondary N) is 1. The Labute approximate surface area is 44.6 Å². The molecule has 0 saturated heterocycles. The third-order valence-corrected chi connectivity index (χ3v) is 1.03. The van der Waals surface area contributed by atoms with E-state index in [9.17, 15) is 0 Å². The van der Waals surface area contributed by atoms with Crippen molar-refractivity contribution in [2.45, 2.75) is 13.8 Å². The lowest BCUT2D eigenvalue weighted by Gasteiger charge is -1.98. The minimum atomic E-state index is 0.250. The fourth-order valence-electron chi connectivity index (χ4n) is 0.142. The maximum absolute atomic E-state index is 6.75. The van der Waals surface area contributed by atoms with E-state index in [4.69, 9.17) is 5.41 Å². The van der Waals surface area contributed by atoms with Crippen molar-refractivity contribution in [1.82, 2.24) is 0 Å². The molecule has 0 radical (unpaired) electrons. The number of rotatable bonds is 2. The summed E-state index contributed by atoms with van der Waals surface area (Å²) < 4.78 is 0. The summed E-state index contributed by atoms with van der Waals surface area (Å²) in [7, 11) is 0.